The molecule has 0 bridgehead atoms. The molecule has 1 N–H and O–H groups in total. The summed E-state index contributed by atoms with van der Waals surface area (Å²) in [6.07, 6.45) is 4.80. The molecular formula is C11H19ClN2. The quantitative estimate of drug-likeness (QED) is 0.834. The molecule has 0 aliphatic rings. The highest BCUT2D eigenvalue weighted by Gasteiger charge is 2.12. The predicted molar refractivity (Wildman–Crippen MR) is 62.7 cm³/mol. The van der Waals surface area contributed by atoms with E-state index < -0.39 is 0 Å². The first kappa shape index (κ1) is 13.4. The number of rotatable bonds is 4. The van der Waals surface area contributed by atoms with Gasteiger partial charge in [0, 0.05) is 24.5 Å². The lowest BCUT2D eigenvalue weighted by Crippen LogP contribution is -2.37. The smallest absolute Gasteiger partial charge is 0.0271 e. The summed E-state index contributed by atoms with van der Waals surface area (Å²) in [6.45, 7) is 7.55. The van der Waals surface area contributed by atoms with E-state index in [2.05, 4.69) is 31.1 Å². The summed E-state index contributed by atoms with van der Waals surface area (Å²) < 4.78 is 0. The van der Waals surface area contributed by atoms with E-state index in [0.29, 0.717) is 0 Å². The molecule has 0 saturated carbocycles. The van der Waals surface area contributed by atoms with Gasteiger partial charge >= 0.3 is 0 Å². The highest BCUT2D eigenvalue weighted by Crippen LogP contribution is 2.08. The normalized spacial score (nSPS) is 10.8. The van der Waals surface area contributed by atoms with E-state index >= 15 is 0 Å². The molecule has 2 nitrogen and oxygen atoms in total. The molecule has 0 spiro atoms. The van der Waals surface area contributed by atoms with Crippen LogP contribution in [0.3, 0.4) is 0 Å². The van der Waals surface area contributed by atoms with E-state index in [4.69, 9.17) is 0 Å². The van der Waals surface area contributed by atoms with Gasteiger partial charge in [-0.3, -0.25) is 4.98 Å². The Balaban J connectivity index is 0.00000169. The van der Waals surface area contributed by atoms with Gasteiger partial charge in [-0.15, -0.1) is 12.4 Å². The van der Waals surface area contributed by atoms with Crippen molar-refractivity contribution in [3.63, 3.8) is 0 Å². The second-order valence-corrected chi connectivity index (χ2v) is 3.95. The lowest BCUT2D eigenvalue weighted by atomic mass is 10.0. The molecule has 0 aliphatic carbocycles. The minimum absolute atomic E-state index is 0. The topological polar surface area (TPSA) is 24.9 Å². The Bertz CT molecular complexity index is 247. The van der Waals surface area contributed by atoms with Crippen LogP contribution < -0.4 is 5.32 Å². The SMILES string of the molecule is CCC(C)(C)NCc1ccncc1.Cl. The third-order valence-corrected chi connectivity index (χ3v) is 2.40. The summed E-state index contributed by atoms with van der Waals surface area (Å²) in [5.41, 5.74) is 1.51. The minimum atomic E-state index is 0. The van der Waals surface area contributed by atoms with Gasteiger partial charge in [-0.25, -0.2) is 0 Å². The van der Waals surface area contributed by atoms with Crippen molar-refractivity contribution < 1.29 is 0 Å². The molecule has 0 radical (unpaired) electrons. The summed E-state index contributed by atoms with van der Waals surface area (Å²) in [7, 11) is 0. The Morgan fingerprint density at radius 2 is 1.86 bits per heavy atom. The first-order chi connectivity index (χ1) is 6.14. The minimum Gasteiger partial charge on any atom is -0.308 e. The summed E-state index contributed by atoms with van der Waals surface area (Å²) in [5, 5.41) is 3.50. The van der Waals surface area contributed by atoms with Crippen molar-refractivity contribution >= 4 is 12.4 Å². The van der Waals surface area contributed by atoms with E-state index in [-0.39, 0.29) is 17.9 Å². The molecule has 1 heterocycles. The molecule has 0 fully saturated rings. The second-order valence-electron chi connectivity index (χ2n) is 3.95. The highest BCUT2D eigenvalue weighted by molar-refractivity contribution is 5.85. The average Bonchev–Trinajstić information content (AvgIpc) is 2.17. The zero-order valence-electron chi connectivity index (χ0n) is 9.08. The molecular weight excluding hydrogens is 196 g/mol. The molecule has 0 aromatic carbocycles. The maximum Gasteiger partial charge on any atom is 0.0271 e. The molecule has 0 aliphatic heterocycles. The molecule has 0 saturated heterocycles. The molecule has 14 heavy (non-hydrogen) atoms. The molecule has 80 valence electrons. The van der Waals surface area contributed by atoms with Crippen LogP contribution in [-0.4, -0.2) is 10.5 Å². The van der Waals surface area contributed by atoms with E-state index in [0.717, 1.165) is 13.0 Å². The standard InChI is InChI=1S/C11H18N2.ClH/c1-4-11(2,3)13-9-10-5-7-12-8-6-10;/h5-8,13H,4,9H2,1-3H3;1H. The number of hydrogen-bond donors (Lipinski definition) is 1. The predicted octanol–water partition coefficient (Wildman–Crippen LogP) is 2.78. The fourth-order valence-corrected chi connectivity index (χ4v) is 0.967. The van der Waals surface area contributed by atoms with Crippen LogP contribution in [0.25, 0.3) is 0 Å². The molecule has 0 unspecified atom stereocenters. The van der Waals surface area contributed by atoms with Crippen molar-refractivity contribution in [2.75, 3.05) is 0 Å². The summed E-state index contributed by atoms with van der Waals surface area (Å²) in [6, 6.07) is 4.08. The maximum atomic E-state index is 3.98. The Kier molecular flexibility index (Phi) is 5.73. The monoisotopic (exact) mass is 214 g/mol. The lowest BCUT2D eigenvalue weighted by Gasteiger charge is -2.24. The van der Waals surface area contributed by atoms with E-state index in [9.17, 15) is 0 Å². The number of aromatic nitrogens is 1. The van der Waals surface area contributed by atoms with Crippen LogP contribution in [0.15, 0.2) is 24.5 Å². The van der Waals surface area contributed by atoms with Gasteiger partial charge in [0.05, 0.1) is 0 Å². The molecule has 0 amide bonds. The van der Waals surface area contributed by atoms with Crippen molar-refractivity contribution in [3.8, 4) is 0 Å². The van der Waals surface area contributed by atoms with Crippen LogP contribution >= 0.6 is 12.4 Å². The van der Waals surface area contributed by atoms with Crippen molar-refractivity contribution in [1.29, 1.82) is 0 Å². The van der Waals surface area contributed by atoms with Gasteiger partial charge in [0.1, 0.15) is 0 Å². The maximum absolute atomic E-state index is 3.98. The number of nitrogens with zero attached hydrogens (tertiary/aromatic N) is 1. The van der Waals surface area contributed by atoms with Gasteiger partial charge in [0.15, 0.2) is 0 Å². The Labute approximate surface area is 92.5 Å². The summed E-state index contributed by atoms with van der Waals surface area (Å²) >= 11 is 0. The van der Waals surface area contributed by atoms with Crippen LogP contribution in [0.2, 0.25) is 0 Å². The molecule has 1 aromatic heterocycles. The molecule has 3 heteroatoms. The fourth-order valence-electron chi connectivity index (χ4n) is 0.967. The van der Waals surface area contributed by atoms with Gasteiger partial charge in [0.25, 0.3) is 0 Å². The van der Waals surface area contributed by atoms with Gasteiger partial charge in [0.2, 0.25) is 0 Å². The lowest BCUT2D eigenvalue weighted by molar-refractivity contribution is 0.374. The third-order valence-electron chi connectivity index (χ3n) is 2.40. The molecule has 1 rings (SSSR count). The summed E-state index contributed by atoms with van der Waals surface area (Å²) in [4.78, 5) is 3.98. The van der Waals surface area contributed by atoms with Gasteiger partial charge < -0.3 is 5.32 Å². The fraction of sp³-hybridized carbons (Fsp3) is 0.545. The number of hydrogen-bond acceptors (Lipinski definition) is 2. The zero-order valence-corrected chi connectivity index (χ0v) is 9.90. The van der Waals surface area contributed by atoms with Crippen molar-refractivity contribution in [3.05, 3.63) is 30.1 Å². The Morgan fingerprint density at radius 1 is 1.29 bits per heavy atom. The van der Waals surface area contributed by atoms with Gasteiger partial charge in [-0.05, 0) is 38.0 Å². The van der Waals surface area contributed by atoms with Gasteiger partial charge in [-0.2, -0.15) is 0 Å². The highest BCUT2D eigenvalue weighted by atomic mass is 35.5. The Hall–Kier alpha value is -0.600. The third kappa shape index (κ3) is 4.58. The molecule has 0 atom stereocenters. The average molecular weight is 215 g/mol. The van der Waals surface area contributed by atoms with Gasteiger partial charge in [-0.1, -0.05) is 6.92 Å². The number of nitrogens with one attached hydrogen (secondary N) is 1. The second kappa shape index (κ2) is 5.99. The van der Waals surface area contributed by atoms with E-state index in [1.807, 2.05) is 24.5 Å². The zero-order chi connectivity index (χ0) is 9.73. The van der Waals surface area contributed by atoms with Crippen molar-refractivity contribution in [1.82, 2.24) is 10.3 Å². The summed E-state index contributed by atoms with van der Waals surface area (Å²) in [5.74, 6) is 0. The van der Waals surface area contributed by atoms with Crippen molar-refractivity contribution in [2.24, 2.45) is 0 Å². The van der Waals surface area contributed by atoms with Crippen molar-refractivity contribution in [2.45, 2.75) is 39.3 Å². The van der Waals surface area contributed by atoms with Crippen LogP contribution in [0.4, 0.5) is 0 Å². The van der Waals surface area contributed by atoms with Crippen LogP contribution in [0.5, 0.6) is 0 Å². The largest absolute Gasteiger partial charge is 0.308 e. The first-order valence-corrected chi connectivity index (χ1v) is 4.78. The van der Waals surface area contributed by atoms with Crippen LogP contribution in [0.1, 0.15) is 32.8 Å². The number of halogens is 1. The molecule has 1 aromatic rings. The van der Waals surface area contributed by atoms with E-state index in [1.54, 1.807) is 0 Å². The van der Waals surface area contributed by atoms with Crippen LogP contribution in [0, 0.1) is 0 Å². The van der Waals surface area contributed by atoms with E-state index in [1.165, 1.54) is 5.56 Å². The number of pyridine rings is 1. The first-order valence-electron chi connectivity index (χ1n) is 4.78. The van der Waals surface area contributed by atoms with Crippen LogP contribution in [-0.2, 0) is 6.54 Å². The Morgan fingerprint density at radius 3 is 2.36 bits per heavy atom.